The van der Waals surface area contributed by atoms with Crippen molar-refractivity contribution in [2.75, 3.05) is 33.1 Å². The van der Waals surface area contributed by atoms with Crippen LogP contribution in [0.4, 0.5) is 5.82 Å². The normalized spacial score (nSPS) is 11.5. The van der Waals surface area contributed by atoms with Gasteiger partial charge in [0.05, 0.1) is 6.61 Å². The molecule has 3 aromatic rings. The lowest BCUT2D eigenvalue weighted by molar-refractivity contribution is 0.0827. The van der Waals surface area contributed by atoms with Crippen molar-refractivity contribution in [3.05, 3.63) is 65.9 Å². The number of aromatic nitrogens is 2. The minimum absolute atomic E-state index is 0.0995. The Kier molecular flexibility index (Phi) is 7.68. The maximum atomic E-state index is 12.8. The van der Waals surface area contributed by atoms with Gasteiger partial charge in [-0.15, -0.1) is 0 Å². The summed E-state index contributed by atoms with van der Waals surface area (Å²) < 4.78 is 18.6. The van der Waals surface area contributed by atoms with E-state index in [-0.39, 0.29) is 17.9 Å². The molecule has 0 aliphatic rings. The Balaban J connectivity index is 1.85. The van der Waals surface area contributed by atoms with Gasteiger partial charge in [0.1, 0.15) is 23.4 Å². The highest BCUT2D eigenvalue weighted by molar-refractivity contribution is 6.04. The van der Waals surface area contributed by atoms with E-state index in [0.29, 0.717) is 40.8 Å². The summed E-state index contributed by atoms with van der Waals surface area (Å²) >= 11 is 0. The number of ether oxygens (including phenoxy) is 3. The van der Waals surface area contributed by atoms with Crippen LogP contribution in [0.25, 0.3) is 0 Å². The average Bonchev–Trinajstić information content (AvgIpc) is 3.18. The Hall–Kier alpha value is -3.85. The highest BCUT2D eigenvalue weighted by Gasteiger charge is 2.15. The molecule has 0 saturated carbocycles. The number of hydrogen-bond acceptors (Lipinski definition) is 6. The largest absolute Gasteiger partial charge is 0.488 e. The smallest absolute Gasteiger partial charge is 0.257 e. The molecule has 1 atom stereocenters. The summed E-state index contributed by atoms with van der Waals surface area (Å²) in [5, 5.41) is 6.93. The molecule has 0 unspecified atom stereocenters. The SMILES string of the molecule is COC[C@H](C)Oc1cc(Oc2ccc(C(=O)N(C)C)cc2)cc(C(=O)Nc2ccn(C)n2)c1. The van der Waals surface area contributed by atoms with Crippen molar-refractivity contribution in [2.45, 2.75) is 13.0 Å². The number of methoxy groups -OCH3 is 1. The summed E-state index contributed by atoms with van der Waals surface area (Å²) in [6, 6.07) is 13.4. The van der Waals surface area contributed by atoms with Crippen molar-refractivity contribution in [2.24, 2.45) is 7.05 Å². The predicted molar refractivity (Wildman–Crippen MR) is 124 cm³/mol. The van der Waals surface area contributed by atoms with Crippen LogP contribution in [0.2, 0.25) is 0 Å². The number of hydrogen-bond donors (Lipinski definition) is 1. The van der Waals surface area contributed by atoms with Crippen LogP contribution in [0.5, 0.6) is 17.2 Å². The molecule has 3 rings (SSSR count). The molecular formula is C24H28N4O5. The van der Waals surface area contributed by atoms with Gasteiger partial charge in [-0.05, 0) is 43.3 Å². The zero-order chi connectivity index (χ0) is 24.0. The molecule has 0 fully saturated rings. The van der Waals surface area contributed by atoms with Crippen LogP contribution < -0.4 is 14.8 Å². The first-order valence-electron chi connectivity index (χ1n) is 10.4. The maximum Gasteiger partial charge on any atom is 0.257 e. The lowest BCUT2D eigenvalue weighted by atomic mass is 10.1. The molecule has 1 aromatic heterocycles. The zero-order valence-corrected chi connectivity index (χ0v) is 19.4. The van der Waals surface area contributed by atoms with E-state index in [4.69, 9.17) is 14.2 Å². The Morgan fingerprint density at radius 2 is 1.73 bits per heavy atom. The van der Waals surface area contributed by atoms with Gasteiger partial charge < -0.3 is 24.4 Å². The molecule has 0 radical (unpaired) electrons. The van der Waals surface area contributed by atoms with Gasteiger partial charge in [-0.25, -0.2) is 0 Å². The van der Waals surface area contributed by atoms with E-state index in [1.807, 2.05) is 6.92 Å². The van der Waals surface area contributed by atoms with Crippen LogP contribution >= 0.6 is 0 Å². The molecule has 9 heteroatoms. The molecule has 9 nitrogen and oxygen atoms in total. The molecule has 0 bridgehead atoms. The second-order valence-corrected chi connectivity index (χ2v) is 7.73. The van der Waals surface area contributed by atoms with Gasteiger partial charge in [-0.2, -0.15) is 5.10 Å². The highest BCUT2D eigenvalue weighted by atomic mass is 16.5. The minimum atomic E-state index is -0.352. The third kappa shape index (κ3) is 6.56. The van der Waals surface area contributed by atoms with Crippen molar-refractivity contribution in [3.8, 4) is 17.2 Å². The maximum absolute atomic E-state index is 12.8. The number of amides is 2. The summed E-state index contributed by atoms with van der Waals surface area (Å²) in [4.78, 5) is 26.4. The predicted octanol–water partition coefficient (Wildman–Crippen LogP) is 3.58. The molecule has 174 valence electrons. The molecule has 0 saturated heterocycles. The van der Waals surface area contributed by atoms with Gasteiger partial charge >= 0.3 is 0 Å². The van der Waals surface area contributed by atoms with Crippen molar-refractivity contribution < 1.29 is 23.8 Å². The first kappa shape index (κ1) is 23.8. The lowest BCUT2D eigenvalue weighted by Gasteiger charge is -2.16. The second kappa shape index (κ2) is 10.6. The Morgan fingerprint density at radius 3 is 2.33 bits per heavy atom. The Bertz CT molecular complexity index is 1110. The quantitative estimate of drug-likeness (QED) is 0.533. The van der Waals surface area contributed by atoms with Gasteiger partial charge in [0.25, 0.3) is 11.8 Å². The van der Waals surface area contributed by atoms with Crippen LogP contribution in [0.1, 0.15) is 27.6 Å². The number of rotatable bonds is 9. The Labute approximate surface area is 192 Å². The summed E-state index contributed by atoms with van der Waals surface area (Å²) in [6.45, 7) is 2.26. The number of anilines is 1. The average molecular weight is 453 g/mol. The number of aryl methyl sites for hydroxylation is 1. The first-order valence-corrected chi connectivity index (χ1v) is 10.4. The monoisotopic (exact) mass is 452 g/mol. The minimum Gasteiger partial charge on any atom is -0.488 e. The van der Waals surface area contributed by atoms with Crippen LogP contribution in [-0.4, -0.2) is 60.4 Å². The fourth-order valence-corrected chi connectivity index (χ4v) is 3.06. The highest BCUT2D eigenvalue weighted by Crippen LogP contribution is 2.29. The molecule has 1 heterocycles. The molecule has 0 aliphatic heterocycles. The van der Waals surface area contributed by atoms with E-state index in [0.717, 1.165) is 0 Å². The molecule has 2 amide bonds. The van der Waals surface area contributed by atoms with E-state index in [2.05, 4.69) is 10.4 Å². The number of nitrogens with one attached hydrogen (secondary N) is 1. The molecular weight excluding hydrogens is 424 g/mol. The summed E-state index contributed by atoms with van der Waals surface area (Å²) in [6.07, 6.45) is 1.51. The van der Waals surface area contributed by atoms with Crippen LogP contribution in [0, 0.1) is 0 Å². The number of nitrogens with zero attached hydrogens (tertiary/aromatic N) is 3. The van der Waals surface area contributed by atoms with E-state index >= 15 is 0 Å². The third-order valence-electron chi connectivity index (χ3n) is 4.58. The fraction of sp³-hybridized carbons (Fsp3) is 0.292. The van der Waals surface area contributed by atoms with Gasteiger partial charge in [-0.3, -0.25) is 14.3 Å². The third-order valence-corrected chi connectivity index (χ3v) is 4.58. The lowest BCUT2D eigenvalue weighted by Crippen LogP contribution is -2.21. The number of carbonyl (C=O) groups excluding carboxylic acids is 2. The van der Waals surface area contributed by atoms with Crippen molar-refractivity contribution in [1.82, 2.24) is 14.7 Å². The summed E-state index contributed by atoms with van der Waals surface area (Å²) in [5.74, 6) is 1.37. The van der Waals surface area contributed by atoms with E-state index in [1.165, 1.54) is 4.90 Å². The Morgan fingerprint density at radius 1 is 1.03 bits per heavy atom. The topological polar surface area (TPSA) is 94.9 Å². The number of carbonyl (C=O) groups is 2. The van der Waals surface area contributed by atoms with Crippen molar-refractivity contribution in [1.29, 1.82) is 0 Å². The van der Waals surface area contributed by atoms with E-state index < -0.39 is 0 Å². The van der Waals surface area contributed by atoms with Gasteiger partial charge in [-0.1, -0.05) is 0 Å². The number of benzene rings is 2. The molecule has 33 heavy (non-hydrogen) atoms. The van der Waals surface area contributed by atoms with Gasteiger partial charge in [0.2, 0.25) is 0 Å². The molecule has 1 N–H and O–H groups in total. The van der Waals surface area contributed by atoms with E-state index in [9.17, 15) is 9.59 Å². The van der Waals surface area contributed by atoms with Crippen molar-refractivity contribution >= 4 is 17.6 Å². The van der Waals surface area contributed by atoms with E-state index in [1.54, 1.807) is 87.7 Å². The fourth-order valence-electron chi connectivity index (χ4n) is 3.06. The summed E-state index contributed by atoms with van der Waals surface area (Å²) in [7, 11) is 6.75. The van der Waals surface area contributed by atoms with Crippen LogP contribution in [0.15, 0.2) is 54.7 Å². The van der Waals surface area contributed by atoms with Crippen LogP contribution in [0.3, 0.4) is 0 Å². The van der Waals surface area contributed by atoms with Gasteiger partial charge in [0.15, 0.2) is 5.82 Å². The second-order valence-electron chi connectivity index (χ2n) is 7.73. The standard InChI is InChI=1S/C24H28N4O5/c1-16(15-31-5)32-20-12-18(23(29)25-22-10-11-28(4)26-22)13-21(14-20)33-19-8-6-17(7-9-19)24(30)27(2)3/h6-14,16H,15H2,1-5H3,(H,25,26,29)/t16-/m0/s1. The molecule has 0 spiro atoms. The van der Waals surface area contributed by atoms with Crippen LogP contribution in [-0.2, 0) is 11.8 Å². The summed E-state index contributed by atoms with van der Waals surface area (Å²) in [5.41, 5.74) is 0.894. The van der Waals surface area contributed by atoms with Gasteiger partial charge in [0, 0.05) is 57.7 Å². The first-order chi connectivity index (χ1) is 15.7. The zero-order valence-electron chi connectivity index (χ0n) is 19.4. The molecule has 2 aromatic carbocycles. The molecule has 0 aliphatic carbocycles. The van der Waals surface area contributed by atoms with Crippen molar-refractivity contribution in [3.63, 3.8) is 0 Å².